The molecule has 0 unspecified atom stereocenters. The van der Waals surface area contributed by atoms with Crippen LogP contribution in [0.1, 0.15) is 42.1 Å². The molecule has 9 nitrogen and oxygen atoms in total. The number of anilines is 3. The number of amides is 1. The molecule has 0 atom stereocenters. The van der Waals surface area contributed by atoms with E-state index in [-0.39, 0.29) is 23.1 Å². The lowest BCUT2D eigenvalue weighted by atomic mass is 10.1. The summed E-state index contributed by atoms with van der Waals surface area (Å²) >= 11 is 0. The van der Waals surface area contributed by atoms with Crippen molar-refractivity contribution in [2.24, 2.45) is 0 Å². The monoisotopic (exact) mass is 461 g/mol. The normalized spacial score (nSPS) is 17.3. The molecule has 2 aromatic heterocycles. The first-order valence-corrected chi connectivity index (χ1v) is 12.0. The van der Waals surface area contributed by atoms with Gasteiger partial charge < -0.3 is 20.4 Å². The number of carbonyl (C=O) groups is 1. The smallest absolute Gasteiger partial charge is 0.265 e. The molecule has 1 saturated carbocycles. The van der Waals surface area contributed by atoms with Gasteiger partial charge in [0.25, 0.3) is 11.5 Å². The molecule has 1 aliphatic heterocycles. The van der Waals surface area contributed by atoms with Crippen molar-refractivity contribution < 1.29 is 4.79 Å². The fourth-order valence-corrected chi connectivity index (χ4v) is 4.93. The Hall–Kier alpha value is -3.46. The van der Waals surface area contributed by atoms with E-state index in [1.54, 1.807) is 16.8 Å². The molecule has 2 N–H and O–H groups in total. The van der Waals surface area contributed by atoms with Crippen molar-refractivity contribution in [3.05, 3.63) is 52.4 Å². The number of rotatable bonds is 5. The highest BCUT2D eigenvalue weighted by Gasteiger charge is 2.24. The highest BCUT2D eigenvalue weighted by atomic mass is 16.2. The summed E-state index contributed by atoms with van der Waals surface area (Å²) in [6.45, 7) is 4.17. The Labute approximate surface area is 198 Å². The molecule has 1 aliphatic carbocycles. The molecular formula is C25H31N7O2. The van der Waals surface area contributed by atoms with Gasteiger partial charge in [-0.15, -0.1) is 0 Å². The zero-order valence-corrected chi connectivity index (χ0v) is 19.8. The van der Waals surface area contributed by atoms with Gasteiger partial charge in [-0.25, -0.2) is 4.98 Å². The van der Waals surface area contributed by atoms with Gasteiger partial charge in [-0.2, -0.15) is 4.98 Å². The number of likely N-dealkylation sites (N-methyl/N-ethyl adjacent to an activating group) is 1. The molecule has 2 fully saturated rings. The lowest BCUT2D eigenvalue weighted by molar-refractivity contribution is 0.0961. The lowest BCUT2D eigenvalue weighted by Gasteiger charge is -2.34. The standard InChI is InChI=1S/C25H31N7O2/c1-26-23(33)21-15-17-16-27-25(29-22(17)32(24(21)34)20-5-3-4-6-20)28-18-7-9-19(10-8-18)31-13-11-30(2)12-14-31/h7-10,15-16,20H,3-6,11-14H2,1-2H3,(H,26,33)(H,27,28,29). The second-order valence-electron chi connectivity index (χ2n) is 9.19. The lowest BCUT2D eigenvalue weighted by Crippen LogP contribution is -2.44. The highest BCUT2D eigenvalue weighted by molar-refractivity contribution is 5.96. The van der Waals surface area contributed by atoms with Crippen molar-refractivity contribution in [2.75, 3.05) is 50.5 Å². The number of hydrogen-bond donors (Lipinski definition) is 2. The van der Waals surface area contributed by atoms with E-state index in [1.165, 1.54) is 12.7 Å². The minimum absolute atomic E-state index is 0.0465. The van der Waals surface area contributed by atoms with Gasteiger partial charge in [-0.05, 0) is 50.2 Å². The van der Waals surface area contributed by atoms with Crippen LogP contribution in [0, 0.1) is 0 Å². The number of nitrogens with one attached hydrogen (secondary N) is 2. The second-order valence-corrected chi connectivity index (χ2v) is 9.19. The minimum atomic E-state index is -0.388. The van der Waals surface area contributed by atoms with Crippen LogP contribution in [0.2, 0.25) is 0 Å². The van der Waals surface area contributed by atoms with Crippen molar-refractivity contribution in [1.82, 2.24) is 24.8 Å². The highest BCUT2D eigenvalue weighted by Crippen LogP contribution is 2.31. The quantitative estimate of drug-likeness (QED) is 0.603. The minimum Gasteiger partial charge on any atom is -0.369 e. The summed E-state index contributed by atoms with van der Waals surface area (Å²) in [5.74, 6) is 0.0416. The summed E-state index contributed by atoms with van der Waals surface area (Å²) in [5.41, 5.74) is 2.49. The van der Waals surface area contributed by atoms with Gasteiger partial charge in [-0.3, -0.25) is 14.2 Å². The first-order chi connectivity index (χ1) is 16.5. The van der Waals surface area contributed by atoms with Gasteiger partial charge in [0.15, 0.2) is 0 Å². The van der Waals surface area contributed by atoms with E-state index >= 15 is 0 Å². The zero-order valence-electron chi connectivity index (χ0n) is 19.8. The maximum absolute atomic E-state index is 13.3. The number of fused-ring (bicyclic) bond motifs is 1. The molecule has 1 saturated heterocycles. The van der Waals surface area contributed by atoms with Crippen LogP contribution in [0.5, 0.6) is 0 Å². The van der Waals surface area contributed by atoms with E-state index in [0.29, 0.717) is 17.0 Å². The molecule has 9 heteroatoms. The SMILES string of the molecule is CNC(=O)c1cc2cnc(Nc3ccc(N4CCN(C)CC4)cc3)nc2n(C2CCCC2)c1=O. The summed E-state index contributed by atoms with van der Waals surface area (Å²) in [5, 5.41) is 6.52. The van der Waals surface area contributed by atoms with E-state index in [4.69, 9.17) is 4.98 Å². The van der Waals surface area contributed by atoms with Crippen LogP contribution < -0.4 is 21.1 Å². The summed E-state index contributed by atoms with van der Waals surface area (Å²) in [6, 6.07) is 9.92. The van der Waals surface area contributed by atoms with E-state index < -0.39 is 0 Å². The maximum Gasteiger partial charge on any atom is 0.265 e. The molecule has 1 aromatic carbocycles. The third-order valence-corrected chi connectivity index (χ3v) is 6.93. The molecule has 0 radical (unpaired) electrons. The molecule has 1 amide bonds. The Bertz CT molecular complexity index is 1240. The summed E-state index contributed by atoms with van der Waals surface area (Å²) in [6.07, 6.45) is 5.64. The van der Waals surface area contributed by atoms with E-state index in [9.17, 15) is 9.59 Å². The van der Waals surface area contributed by atoms with Gasteiger partial charge in [0.1, 0.15) is 11.2 Å². The molecule has 0 bridgehead atoms. The zero-order chi connectivity index (χ0) is 23.7. The van der Waals surface area contributed by atoms with Gasteiger partial charge in [0.2, 0.25) is 5.95 Å². The predicted molar refractivity (Wildman–Crippen MR) is 134 cm³/mol. The number of piperazine rings is 1. The van der Waals surface area contributed by atoms with Gasteiger partial charge in [0, 0.05) is 62.2 Å². The Morgan fingerprint density at radius 3 is 2.44 bits per heavy atom. The average molecular weight is 462 g/mol. The number of carbonyl (C=O) groups excluding carboxylic acids is 1. The van der Waals surface area contributed by atoms with E-state index in [1.807, 2.05) is 12.1 Å². The third kappa shape index (κ3) is 4.35. The van der Waals surface area contributed by atoms with Crippen LogP contribution in [0.3, 0.4) is 0 Å². The fourth-order valence-electron chi connectivity index (χ4n) is 4.93. The van der Waals surface area contributed by atoms with Crippen molar-refractivity contribution >= 4 is 34.3 Å². The first kappa shape index (κ1) is 22.3. The Balaban J connectivity index is 1.45. The summed E-state index contributed by atoms with van der Waals surface area (Å²) in [7, 11) is 3.68. The molecule has 0 spiro atoms. The van der Waals surface area contributed by atoms with E-state index in [0.717, 1.165) is 57.5 Å². The van der Waals surface area contributed by atoms with Crippen LogP contribution in [0.15, 0.2) is 41.3 Å². The Morgan fingerprint density at radius 1 is 1.06 bits per heavy atom. The van der Waals surface area contributed by atoms with Crippen molar-refractivity contribution in [3.63, 3.8) is 0 Å². The number of benzene rings is 1. The van der Waals surface area contributed by atoms with Crippen LogP contribution >= 0.6 is 0 Å². The summed E-state index contributed by atoms with van der Waals surface area (Å²) in [4.78, 5) is 39.5. The average Bonchev–Trinajstić information content (AvgIpc) is 3.39. The molecule has 3 heterocycles. The maximum atomic E-state index is 13.3. The third-order valence-electron chi connectivity index (χ3n) is 6.93. The second kappa shape index (κ2) is 9.42. The predicted octanol–water partition coefficient (Wildman–Crippen LogP) is 2.76. The first-order valence-electron chi connectivity index (χ1n) is 12.0. The van der Waals surface area contributed by atoms with Crippen molar-refractivity contribution in [2.45, 2.75) is 31.7 Å². The molecular weight excluding hydrogens is 430 g/mol. The largest absolute Gasteiger partial charge is 0.369 e. The molecule has 3 aromatic rings. The van der Waals surface area contributed by atoms with Crippen LogP contribution in [0.4, 0.5) is 17.3 Å². The van der Waals surface area contributed by atoms with Crippen LogP contribution in [-0.4, -0.2) is 65.6 Å². The Kier molecular flexibility index (Phi) is 6.19. The number of hydrogen-bond acceptors (Lipinski definition) is 7. The van der Waals surface area contributed by atoms with Crippen LogP contribution in [-0.2, 0) is 0 Å². The summed E-state index contributed by atoms with van der Waals surface area (Å²) < 4.78 is 1.70. The Morgan fingerprint density at radius 2 is 1.76 bits per heavy atom. The molecule has 5 rings (SSSR count). The topological polar surface area (TPSA) is 95.4 Å². The van der Waals surface area contributed by atoms with Crippen LogP contribution in [0.25, 0.3) is 11.0 Å². The van der Waals surface area contributed by atoms with Gasteiger partial charge in [0.05, 0.1) is 0 Å². The van der Waals surface area contributed by atoms with Crippen molar-refractivity contribution in [1.29, 1.82) is 0 Å². The molecule has 178 valence electrons. The number of pyridine rings is 1. The van der Waals surface area contributed by atoms with E-state index in [2.05, 4.69) is 44.6 Å². The van der Waals surface area contributed by atoms with Gasteiger partial charge >= 0.3 is 0 Å². The number of aromatic nitrogens is 3. The molecule has 34 heavy (non-hydrogen) atoms. The van der Waals surface area contributed by atoms with Crippen molar-refractivity contribution in [3.8, 4) is 0 Å². The van der Waals surface area contributed by atoms with Gasteiger partial charge in [-0.1, -0.05) is 12.8 Å². The fraction of sp³-hybridized carbons (Fsp3) is 0.440. The number of nitrogens with zero attached hydrogens (tertiary/aromatic N) is 5. The molecule has 2 aliphatic rings.